The van der Waals surface area contributed by atoms with Crippen LogP contribution in [-0.2, 0) is 2.96 Å². The summed E-state index contributed by atoms with van der Waals surface area (Å²) >= 11 is -1.48. The van der Waals surface area contributed by atoms with Crippen LogP contribution in [0.25, 0.3) is 0 Å². The van der Waals surface area contributed by atoms with E-state index in [1.165, 1.54) is 0 Å². The molecule has 0 aliphatic carbocycles. The molecule has 0 N–H and O–H groups in total. The third-order valence-corrected chi connectivity index (χ3v) is 3.53. The average molecular weight is 345 g/mol. The molecule has 1 aliphatic heterocycles. The topological polar surface area (TPSA) is 35.5 Å². The molecule has 0 unspecified atom stereocenters. The zero-order chi connectivity index (χ0) is 7.68. The van der Waals surface area contributed by atoms with Crippen molar-refractivity contribution in [1.29, 1.82) is 0 Å². The summed E-state index contributed by atoms with van der Waals surface area (Å²) in [5.41, 5.74) is 0.676. The van der Waals surface area contributed by atoms with Gasteiger partial charge in [0.25, 0.3) is 0 Å². The molecule has 11 heavy (non-hydrogen) atoms. The van der Waals surface area contributed by atoms with Crippen molar-refractivity contribution in [2.45, 2.75) is 0 Å². The molecule has 1 aromatic rings. The summed E-state index contributed by atoms with van der Waals surface area (Å²) < 4.78 is 4.88. The van der Waals surface area contributed by atoms with Gasteiger partial charge in [0.05, 0.1) is 0 Å². The van der Waals surface area contributed by atoms with Crippen LogP contribution in [-0.4, -0.2) is 27.2 Å². The van der Waals surface area contributed by atoms with Crippen molar-refractivity contribution in [2.24, 2.45) is 0 Å². The Kier molecular flexibility index (Phi) is 1.88. The molecule has 1 heterocycles. The maximum absolute atomic E-state index is 11.2. The Labute approximate surface area is 75.4 Å². The molecule has 0 amide bonds. The molecular formula is C7H4BiO3. The monoisotopic (exact) mass is 345 g/mol. The van der Waals surface area contributed by atoms with Gasteiger partial charge in [-0.1, -0.05) is 0 Å². The molecule has 0 spiro atoms. The molecule has 0 aromatic heterocycles. The molecule has 1 radical (unpaired) electrons. The number of rotatable bonds is 0. The van der Waals surface area contributed by atoms with Gasteiger partial charge in [-0.15, -0.1) is 0 Å². The molecular weight excluding hydrogens is 341 g/mol. The van der Waals surface area contributed by atoms with E-state index in [9.17, 15) is 4.79 Å². The van der Waals surface area contributed by atoms with Gasteiger partial charge in [0.15, 0.2) is 0 Å². The van der Waals surface area contributed by atoms with E-state index in [2.05, 4.69) is 0 Å². The van der Waals surface area contributed by atoms with Crippen LogP contribution in [0.1, 0.15) is 10.4 Å². The van der Waals surface area contributed by atoms with Crippen LogP contribution >= 0.6 is 0 Å². The van der Waals surface area contributed by atoms with Crippen LogP contribution in [0.2, 0.25) is 0 Å². The van der Waals surface area contributed by atoms with E-state index in [1.54, 1.807) is 12.1 Å². The van der Waals surface area contributed by atoms with Crippen molar-refractivity contribution >= 4 is 27.2 Å². The summed E-state index contributed by atoms with van der Waals surface area (Å²) in [7, 11) is 0. The predicted molar refractivity (Wildman–Crippen MR) is 38.2 cm³/mol. The Morgan fingerprint density at radius 1 is 1.27 bits per heavy atom. The molecule has 0 bridgehead atoms. The number of carbonyl (C=O) groups excluding carboxylic acids is 1. The number of para-hydroxylation sites is 1. The average Bonchev–Trinajstić information content (AvgIpc) is 2.06. The third kappa shape index (κ3) is 1.28. The van der Waals surface area contributed by atoms with Crippen LogP contribution in [0, 0.1) is 0 Å². The molecule has 0 fully saturated rings. The van der Waals surface area contributed by atoms with Gasteiger partial charge in [-0.25, -0.2) is 0 Å². The SMILES string of the molecule is O=[C]1[Bi][O]Oc2ccccc21. The van der Waals surface area contributed by atoms with E-state index < -0.39 is 23.7 Å². The minimum atomic E-state index is -1.48. The number of fused-ring (bicyclic) bond motifs is 1. The maximum atomic E-state index is 11.2. The summed E-state index contributed by atoms with van der Waals surface area (Å²) in [5, 5.41) is 0. The van der Waals surface area contributed by atoms with Crippen LogP contribution in [0.15, 0.2) is 24.3 Å². The van der Waals surface area contributed by atoms with Crippen LogP contribution in [0.4, 0.5) is 0 Å². The van der Waals surface area contributed by atoms with Gasteiger partial charge in [-0.05, 0) is 0 Å². The second kappa shape index (κ2) is 2.88. The van der Waals surface area contributed by atoms with Crippen molar-refractivity contribution in [1.82, 2.24) is 0 Å². The van der Waals surface area contributed by atoms with E-state index in [-0.39, 0.29) is 3.49 Å². The predicted octanol–water partition coefficient (Wildman–Crippen LogP) is 0.770. The molecule has 4 heteroatoms. The van der Waals surface area contributed by atoms with Crippen molar-refractivity contribution in [2.75, 3.05) is 0 Å². The van der Waals surface area contributed by atoms with Gasteiger partial charge >= 0.3 is 75.4 Å². The van der Waals surface area contributed by atoms with Gasteiger partial charge in [-0.2, -0.15) is 0 Å². The van der Waals surface area contributed by atoms with Crippen molar-refractivity contribution in [3.05, 3.63) is 29.8 Å². The standard InChI is InChI=1S/C7H5O3.Bi/c8-5-6-3-1-2-4-7(6)10-9;/h1-4,9H;/q;+1/p-1. The fourth-order valence-electron chi connectivity index (χ4n) is 0.858. The fraction of sp³-hybridized carbons (Fsp3) is 0. The summed E-state index contributed by atoms with van der Waals surface area (Å²) in [6, 6.07) is 7.14. The number of hydrogen-bond acceptors (Lipinski definition) is 3. The van der Waals surface area contributed by atoms with E-state index in [1.807, 2.05) is 12.1 Å². The zero-order valence-corrected chi connectivity index (χ0v) is 8.96. The van der Waals surface area contributed by atoms with E-state index in [0.29, 0.717) is 11.3 Å². The van der Waals surface area contributed by atoms with Crippen molar-refractivity contribution < 1.29 is 12.6 Å². The summed E-state index contributed by atoms with van der Waals surface area (Å²) in [6.45, 7) is 0. The van der Waals surface area contributed by atoms with E-state index in [0.717, 1.165) is 0 Å². The van der Waals surface area contributed by atoms with Gasteiger partial charge in [0.1, 0.15) is 0 Å². The van der Waals surface area contributed by atoms with Crippen LogP contribution < -0.4 is 4.89 Å². The normalized spacial score (nSPS) is 15.5. The van der Waals surface area contributed by atoms with Crippen LogP contribution in [0.3, 0.4) is 0 Å². The molecule has 0 saturated heterocycles. The van der Waals surface area contributed by atoms with Crippen molar-refractivity contribution in [3.8, 4) is 5.75 Å². The van der Waals surface area contributed by atoms with E-state index >= 15 is 0 Å². The Hall–Kier alpha value is -0.467. The second-order valence-corrected chi connectivity index (χ2v) is 4.92. The molecule has 55 valence electrons. The number of hydrogen-bond donors (Lipinski definition) is 0. The van der Waals surface area contributed by atoms with Gasteiger partial charge in [-0.3, -0.25) is 0 Å². The van der Waals surface area contributed by atoms with Gasteiger partial charge in [0.2, 0.25) is 0 Å². The Morgan fingerprint density at radius 3 is 2.91 bits per heavy atom. The molecule has 2 rings (SSSR count). The van der Waals surface area contributed by atoms with Crippen LogP contribution in [0.5, 0.6) is 5.75 Å². The summed E-state index contributed by atoms with van der Waals surface area (Å²) in [4.78, 5) is 16.0. The van der Waals surface area contributed by atoms with Gasteiger partial charge in [0, 0.05) is 0 Å². The van der Waals surface area contributed by atoms with Crippen molar-refractivity contribution in [3.63, 3.8) is 0 Å². The first-order valence-corrected chi connectivity index (χ1v) is 6.22. The molecule has 1 aromatic carbocycles. The van der Waals surface area contributed by atoms with E-state index in [4.69, 9.17) is 7.85 Å². The first kappa shape index (κ1) is 7.20. The fourth-order valence-corrected chi connectivity index (χ4v) is 2.68. The Bertz CT molecular complexity index is 297. The Balaban J connectivity index is 2.52. The third-order valence-electron chi connectivity index (χ3n) is 1.36. The van der Waals surface area contributed by atoms with Gasteiger partial charge < -0.3 is 0 Å². The molecule has 3 nitrogen and oxygen atoms in total. The number of carbonyl (C=O) groups is 1. The first-order valence-electron chi connectivity index (χ1n) is 3.06. The minimum absolute atomic E-state index is 0.145. The summed E-state index contributed by atoms with van der Waals surface area (Å²) in [6.07, 6.45) is 0. The molecule has 1 aliphatic rings. The second-order valence-electron chi connectivity index (χ2n) is 2.05. The zero-order valence-electron chi connectivity index (χ0n) is 5.48. The number of benzene rings is 1. The quantitative estimate of drug-likeness (QED) is 0.515. The Morgan fingerprint density at radius 2 is 2.09 bits per heavy atom. The first-order chi connectivity index (χ1) is 5.38. The molecule has 0 atom stereocenters. The molecule has 0 saturated carbocycles. The summed E-state index contributed by atoms with van der Waals surface area (Å²) in [5.74, 6) is 0.549.